The fourth-order valence-electron chi connectivity index (χ4n) is 12.0. The standard InChI is InChI=1S/C78H91N13O13/c1-48-22-28-58(52(5)42-48)66-83-67(59-29-23-49(2)43-53(59)6)86-70(85-66)62-32-26-56(46-64(62)92)103-74(96)81-35-17-11-14-20-38-90-76(98)89(37-19-13-10-16-34-80-73(95)102-41-40-101-72(94)79-9)77(99)91(78(90)100)39-21-15-12-18-36-82-75(97)104-57-27-33-63(65(93)47-57)71-87-68(60-30-24-50(3)44-54(60)7)84-69(88-71)61-31-25-51(4)45-55(61)8/h22-33,42-47,92-93H,10-21,34-41H2,1-9H3,(H,79,94)(H,80,95)(H,81,96)(H,82,97). The van der Waals surface area contributed by atoms with Crippen molar-refractivity contribution in [3.8, 4) is 91.3 Å². The van der Waals surface area contributed by atoms with E-state index in [0.717, 1.165) is 80.5 Å². The van der Waals surface area contributed by atoms with Crippen LogP contribution in [0, 0.1) is 55.4 Å². The van der Waals surface area contributed by atoms with Gasteiger partial charge in [-0.1, -0.05) is 134 Å². The van der Waals surface area contributed by atoms with Gasteiger partial charge in [-0.05, 0) is 140 Å². The molecule has 4 amide bonds. The van der Waals surface area contributed by atoms with Crippen molar-refractivity contribution in [1.82, 2.24) is 64.9 Å². The molecule has 9 rings (SSSR count). The van der Waals surface area contributed by atoms with Crippen LogP contribution in [0.4, 0.5) is 19.2 Å². The van der Waals surface area contributed by atoms with Gasteiger partial charge in [-0.25, -0.2) is 77.2 Å². The van der Waals surface area contributed by atoms with E-state index in [1.54, 1.807) is 24.3 Å². The molecule has 3 aromatic heterocycles. The van der Waals surface area contributed by atoms with Gasteiger partial charge in [0.05, 0.1) is 11.1 Å². The molecule has 546 valence electrons. The van der Waals surface area contributed by atoms with Crippen LogP contribution < -0.4 is 47.8 Å². The van der Waals surface area contributed by atoms with E-state index in [9.17, 15) is 43.8 Å². The predicted molar refractivity (Wildman–Crippen MR) is 396 cm³/mol. The van der Waals surface area contributed by atoms with Crippen LogP contribution in [0.15, 0.2) is 124 Å². The number of alkyl carbamates (subject to hydrolysis) is 2. The molecular weight excluding hydrogens is 1330 g/mol. The predicted octanol–water partition coefficient (Wildman–Crippen LogP) is 12.8. The van der Waals surface area contributed by atoms with Gasteiger partial charge in [0.1, 0.15) is 36.2 Å². The SMILES string of the molecule is CNC(=O)OCCOC(=O)NCCCCCCn1c(=O)n(CCCCCCNC(=O)Oc2ccc(-c3nc(-c4ccc(C)cc4C)nc(-c4ccc(C)cc4C)n3)c(O)c2)c(=O)n(CCCCCCNC(=O)Oc2ccc(-c3nc(-c4ccc(C)cc4C)nc(-c4ccc(C)cc4C)n3)c(O)c2)c1=O. The lowest BCUT2D eigenvalue weighted by molar-refractivity contribution is 0.0966. The van der Waals surface area contributed by atoms with Crippen molar-refractivity contribution in [2.24, 2.45) is 0 Å². The minimum Gasteiger partial charge on any atom is -0.507 e. The van der Waals surface area contributed by atoms with Gasteiger partial charge in [-0.2, -0.15) is 0 Å². The average Bonchev–Trinajstić information content (AvgIpc) is 0.795. The summed E-state index contributed by atoms with van der Waals surface area (Å²) in [6.45, 7) is 16.8. The van der Waals surface area contributed by atoms with Crippen LogP contribution in [0.3, 0.4) is 0 Å². The number of nitrogens with one attached hydrogen (secondary N) is 4. The summed E-state index contributed by atoms with van der Waals surface area (Å²) < 4.78 is 24.2. The zero-order valence-electron chi connectivity index (χ0n) is 60.4. The smallest absolute Gasteiger partial charge is 0.412 e. The second-order valence-electron chi connectivity index (χ2n) is 25.9. The number of rotatable bonds is 32. The van der Waals surface area contributed by atoms with Gasteiger partial charge in [0, 0.05) is 80.7 Å². The molecule has 0 aliphatic carbocycles. The molecule has 0 fully saturated rings. The van der Waals surface area contributed by atoms with Crippen LogP contribution in [0.1, 0.15) is 122 Å². The Morgan fingerprint density at radius 2 is 0.615 bits per heavy atom. The van der Waals surface area contributed by atoms with Crippen LogP contribution in [0.5, 0.6) is 23.0 Å². The van der Waals surface area contributed by atoms with Crippen molar-refractivity contribution < 1.29 is 48.3 Å². The van der Waals surface area contributed by atoms with Crippen molar-refractivity contribution in [2.75, 3.05) is 39.9 Å². The molecule has 26 nitrogen and oxygen atoms in total. The molecule has 0 unspecified atom stereocenters. The van der Waals surface area contributed by atoms with Crippen LogP contribution in [-0.2, 0) is 29.1 Å². The molecule has 0 spiro atoms. The fraction of sp³-hybridized carbons (Fsp3) is 0.372. The molecule has 0 saturated carbocycles. The summed E-state index contributed by atoms with van der Waals surface area (Å²) in [5, 5.41) is 33.1. The third kappa shape index (κ3) is 21.0. The van der Waals surface area contributed by atoms with Crippen LogP contribution >= 0.6 is 0 Å². The summed E-state index contributed by atoms with van der Waals surface area (Å²) in [5.41, 5.74) is 10.1. The highest BCUT2D eigenvalue weighted by molar-refractivity contribution is 5.77. The summed E-state index contributed by atoms with van der Waals surface area (Å²) in [6, 6.07) is 33.0. The Morgan fingerprint density at radius 1 is 0.346 bits per heavy atom. The first-order valence-corrected chi connectivity index (χ1v) is 35.1. The summed E-state index contributed by atoms with van der Waals surface area (Å²) in [4.78, 5) is 120. The maximum absolute atomic E-state index is 14.0. The van der Waals surface area contributed by atoms with E-state index in [0.29, 0.717) is 118 Å². The van der Waals surface area contributed by atoms with Gasteiger partial charge in [0.2, 0.25) is 0 Å². The van der Waals surface area contributed by atoms with Crippen molar-refractivity contribution in [3.05, 3.63) is 185 Å². The Balaban J connectivity index is 0.760. The molecule has 6 N–H and O–H groups in total. The topological polar surface area (TPSA) is 337 Å². The molecule has 0 saturated heterocycles. The monoisotopic (exact) mass is 1420 g/mol. The number of benzene rings is 6. The molecule has 6 aromatic carbocycles. The number of aryl methyl sites for hydroxylation is 8. The highest BCUT2D eigenvalue weighted by atomic mass is 16.6. The minimum atomic E-state index is -0.733. The molecule has 0 atom stereocenters. The second-order valence-corrected chi connectivity index (χ2v) is 25.9. The summed E-state index contributed by atoms with van der Waals surface area (Å²) in [7, 11) is 1.41. The van der Waals surface area contributed by atoms with Crippen molar-refractivity contribution >= 4 is 24.4 Å². The molecule has 0 aliphatic heterocycles. The van der Waals surface area contributed by atoms with Gasteiger partial charge < -0.3 is 50.4 Å². The second kappa shape index (κ2) is 36.9. The molecular formula is C78H91N13O13. The fourth-order valence-corrected chi connectivity index (χ4v) is 12.0. The number of hydrogen-bond donors (Lipinski definition) is 6. The molecule has 9 aromatic rings. The van der Waals surface area contributed by atoms with Gasteiger partial charge in [-0.15, -0.1) is 0 Å². The Morgan fingerprint density at radius 3 is 0.904 bits per heavy atom. The third-order valence-electron chi connectivity index (χ3n) is 17.5. The maximum Gasteiger partial charge on any atom is 0.412 e. The number of phenols is 2. The lowest BCUT2D eigenvalue weighted by Gasteiger charge is -2.14. The molecule has 0 aliphatic rings. The molecule has 104 heavy (non-hydrogen) atoms. The molecule has 26 heteroatoms. The van der Waals surface area contributed by atoms with E-state index in [2.05, 4.69) is 45.5 Å². The highest BCUT2D eigenvalue weighted by Crippen LogP contribution is 2.36. The third-order valence-corrected chi connectivity index (χ3v) is 17.5. The number of aromatic hydroxyl groups is 2. The molecule has 0 radical (unpaired) electrons. The molecule has 3 heterocycles. The van der Waals surface area contributed by atoms with Gasteiger partial charge in [0.15, 0.2) is 34.9 Å². The Kier molecular flexibility index (Phi) is 27.1. The number of phenolic OH excluding ortho intramolecular Hbond substituents is 2. The van der Waals surface area contributed by atoms with E-state index in [4.69, 9.17) is 48.9 Å². The summed E-state index contributed by atoms with van der Waals surface area (Å²) in [5.74, 6) is 2.04. The quantitative estimate of drug-likeness (QED) is 0.0213. The van der Waals surface area contributed by atoms with Gasteiger partial charge in [-0.3, -0.25) is 0 Å². The highest BCUT2D eigenvalue weighted by Gasteiger charge is 2.22. The van der Waals surface area contributed by atoms with Crippen LogP contribution in [0.25, 0.3) is 68.3 Å². The zero-order valence-corrected chi connectivity index (χ0v) is 60.4. The van der Waals surface area contributed by atoms with Gasteiger partial charge in [0.25, 0.3) is 0 Å². The van der Waals surface area contributed by atoms with Crippen LogP contribution in [0.2, 0.25) is 0 Å². The van der Waals surface area contributed by atoms with E-state index in [1.807, 2.05) is 104 Å². The van der Waals surface area contributed by atoms with Crippen molar-refractivity contribution in [1.29, 1.82) is 0 Å². The number of carbonyl (C=O) groups is 4. The number of hydrogen-bond acceptors (Lipinski definition) is 19. The number of ether oxygens (including phenoxy) is 4. The first-order valence-electron chi connectivity index (χ1n) is 35.1. The number of aromatic nitrogens is 9. The summed E-state index contributed by atoms with van der Waals surface area (Å²) in [6.07, 6.45) is 3.85. The number of nitrogens with zero attached hydrogens (tertiary/aromatic N) is 9. The lowest BCUT2D eigenvalue weighted by atomic mass is 10.0. The first-order chi connectivity index (χ1) is 50.0. The molecule has 0 bridgehead atoms. The maximum atomic E-state index is 14.0. The first kappa shape index (κ1) is 76.6. The van der Waals surface area contributed by atoms with Crippen molar-refractivity contribution in [3.63, 3.8) is 0 Å². The van der Waals surface area contributed by atoms with E-state index in [-0.39, 0.29) is 80.6 Å². The Labute approximate surface area is 603 Å². The Bertz CT molecular complexity index is 4350. The van der Waals surface area contributed by atoms with Gasteiger partial charge >= 0.3 is 41.4 Å². The minimum absolute atomic E-state index is 0.0475. The largest absolute Gasteiger partial charge is 0.507 e. The summed E-state index contributed by atoms with van der Waals surface area (Å²) >= 11 is 0. The van der Waals surface area contributed by atoms with E-state index in [1.165, 1.54) is 19.2 Å². The zero-order chi connectivity index (χ0) is 74.4. The number of amides is 4. The average molecular weight is 1420 g/mol. The lowest BCUT2D eigenvalue weighted by Crippen LogP contribution is -2.54. The van der Waals surface area contributed by atoms with Crippen molar-refractivity contribution in [2.45, 2.75) is 152 Å². The van der Waals surface area contributed by atoms with E-state index >= 15 is 0 Å². The normalized spacial score (nSPS) is 11.1. The van der Waals surface area contributed by atoms with Crippen LogP contribution in [-0.4, -0.2) is 118 Å². The Hall–Kier alpha value is -11.6. The number of unbranched alkanes of at least 4 members (excludes halogenated alkanes) is 9. The number of carbonyl (C=O) groups excluding carboxylic acids is 4. The van der Waals surface area contributed by atoms with E-state index < -0.39 is 41.4 Å².